The maximum Gasteiger partial charge on any atom is 0.175 e. The molecule has 1 aromatic rings. The molecule has 0 bridgehead atoms. The first-order chi connectivity index (χ1) is 5.77. The molecule has 0 saturated carbocycles. The zero-order chi connectivity index (χ0) is 8.55. The van der Waals surface area contributed by atoms with Crippen LogP contribution in [0, 0.1) is 0 Å². The van der Waals surface area contributed by atoms with Crippen molar-refractivity contribution in [1.82, 2.24) is 4.98 Å². The maximum absolute atomic E-state index is 11.0. The van der Waals surface area contributed by atoms with Gasteiger partial charge >= 0.3 is 0 Å². The van der Waals surface area contributed by atoms with Crippen LogP contribution in [0.3, 0.4) is 0 Å². The Bertz CT molecular complexity index is 291. The SMILES string of the molecule is CC(=O)c1cc2c([nH]1)CC[NH2+]C2. The first-order valence-electron chi connectivity index (χ1n) is 4.31. The van der Waals surface area contributed by atoms with E-state index in [2.05, 4.69) is 10.3 Å². The Morgan fingerprint density at radius 2 is 2.50 bits per heavy atom. The second kappa shape index (κ2) is 2.75. The summed E-state index contributed by atoms with van der Waals surface area (Å²) in [5, 5.41) is 2.26. The van der Waals surface area contributed by atoms with Gasteiger partial charge in [0.05, 0.1) is 12.2 Å². The number of carbonyl (C=O) groups excluding carboxylic acids is 1. The van der Waals surface area contributed by atoms with E-state index in [0.717, 1.165) is 25.2 Å². The van der Waals surface area contributed by atoms with Gasteiger partial charge in [-0.05, 0) is 6.07 Å². The molecule has 3 nitrogen and oxygen atoms in total. The molecular weight excluding hydrogens is 152 g/mol. The molecule has 3 heteroatoms. The third kappa shape index (κ3) is 1.16. The first kappa shape index (κ1) is 7.55. The number of ketones is 1. The summed E-state index contributed by atoms with van der Waals surface area (Å²) >= 11 is 0. The molecule has 0 radical (unpaired) electrons. The number of aromatic amines is 1. The van der Waals surface area contributed by atoms with Crippen molar-refractivity contribution in [1.29, 1.82) is 0 Å². The van der Waals surface area contributed by atoms with Gasteiger partial charge in [0.2, 0.25) is 0 Å². The zero-order valence-electron chi connectivity index (χ0n) is 7.18. The summed E-state index contributed by atoms with van der Waals surface area (Å²) in [7, 11) is 0. The average Bonchev–Trinajstić information content (AvgIpc) is 2.46. The number of carbonyl (C=O) groups is 1. The van der Waals surface area contributed by atoms with E-state index in [9.17, 15) is 4.79 Å². The van der Waals surface area contributed by atoms with Gasteiger partial charge in [0.15, 0.2) is 5.78 Å². The molecule has 0 unspecified atom stereocenters. The lowest BCUT2D eigenvalue weighted by molar-refractivity contribution is -0.673. The van der Waals surface area contributed by atoms with Crippen LogP contribution in [-0.4, -0.2) is 17.3 Å². The predicted octanol–water partition coefficient (Wildman–Crippen LogP) is -0.163. The van der Waals surface area contributed by atoms with Gasteiger partial charge in [-0.1, -0.05) is 0 Å². The van der Waals surface area contributed by atoms with Crippen LogP contribution in [0.4, 0.5) is 0 Å². The maximum atomic E-state index is 11.0. The van der Waals surface area contributed by atoms with Crippen molar-refractivity contribution < 1.29 is 10.1 Å². The van der Waals surface area contributed by atoms with E-state index in [1.807, 2.05) is 6.07 Å². The van der Waals surface area contributed by atoms with Crippen molar-refractivity contribution in [2.45, 2.75) is 19.9 Å². The molecule has 0 fully saturated rings. The number of H-pyrrole nitrogens is 1. The molecule has 0 amide bonds. The Labute approximate surface area is 71.2 Å². The monoisotopic (exact) mass is 165 g/mol. The lowest BCUT2D eigenvalue weighted by atomic mass is 10.1. The minimum Gasteiger partial charge on any atom is -0.355 e. The number of nitrogens with two attached hydrogens (primary N) is 1. The van der Waals surface area contributed by atoms with Crippen molar-refractivity contribution in [2.75, 3.05) is 6.54 Å². The molecule has 64 valence electrons. The van der Waals surface area contributed by atoms with E-state index in [1.54, 1.807) is 6.92 Å². The summed E-state index contributed by atoms with van der Waals surface area (Å²) in [4.78, 5) is 14.2. The van der Waals surface area contributed by atoms with Crippen LogP contribution in [0.25, 0.3) is 0 Å². The molecule has 0 aliphatic carbocycles. The van der Waals surface area contributed by atoms with Gasteiger partial charge in [0.1, 0.15) is 6.54 Å². The number of nitrogens with one attached hydrogen (secondary N) is 1. The third-order valence-electron chi connectivity index (χ3n) is 2.33. The number of fused-ring (bicyclic) bond motifs is 1. The molecule has 1 aliphatic rings. The van der Waals surface area contributed by atoms with E-state index in [4.69, 9.17) is 0 Å². The highest BCUT2D eigenvalue weighted by atomic mass is 16.1. The number of aromatic nitrogens is 1. The van der Waals surface area contributed by atoms with Gasteiger partial charge in [0, 0.05) is 24.6 Å². The zero-order valence-corrected chi connectivity index (χ0v) is 7.18. The lowest BCUT2D eigenvalue weighted by Crippen LogP contribution is -2.84. The minimum atomic E-state index is 0.129. The molecule has 2 rings (SSSR count). The summed E-state index contributed by atoms with van der Waals surface area (Å²) in [5.41, 5.74) is 3.31. The van der Waals surface area contributed by atoms with Crippen LogP contribution in [0.1, 0.15) is 28.7 Å². The summed E-state index contributed by atoms with van der Waals surface area (Å²) in [6.45, 7) is 3.74. The third-order valence-corrected chi connectivity index (χ3v) is 2.33. The van der Waals surface area contributed by atoms with Crippen LogP contribution < -0.4 is 5.32 Å². The molecule has 1 aliphatic heterocycles. The van der Waals surface area contributed by atoms with Gasteiger partial charge in [-0.15, -0.1) is 0 Å². The number of Topliss-reactive ketones (excluding diaryl/α,β-unsaturated/α-hetero) is 1. The summed E-state index contributed by atoms with van der Waals surface area (Å²) in [6.07, 6.45) is 1.06. The van der Waals surface area contributed by atoms with Crippen molar-refractivity contribution in [3.05, 3.63) is 23.0 Å². The molecule has 0 aromatic carbocycles. The topological polar surface area (TPSA) is 49.5 Å². The molecule has 2 heterocycles. The van der Waals surface area contributed by atoms with Crippen LogP contribution in [0.5, 0.6) is 0 Å². The van der Waals surface area contributed by atoms with Gasteiger partial charge in [-0.2, -0.15) is 0 Å². The van der Waals surface area contributed by atoms with Gasteiger partial charge < -0.3 is 10.3 Å². The average molecular weight is 165 g/mol. The summed E-state index contributed by atoms with van der Waals surface area (Å²) in [6, 6.07) is 1.98. The van der Waals surface area contributed by atoms with E-state index in [1.165, 1.54) is 11.3 Å². The van der Waals surface area contributed by atoms with Crippen LogP contribution in [0.2, 0.25) is 0 Å². The van der Waals surface area contributed by atoms with Crippen molar-refractivity contribution in [2.24, 2.45) is 0 Å². The molecular formula is C9H13N2O+. The number of rotatable bonds is 1. The Hall–Kier alpha value is -1.09. The van der Waals surface area contributed by atoms with E-state index in [-0.39, 0.29) is 5.78 Å². The Morgan fingerprint density at radius 3 is 3.17 bits per heavy atom. The Kier molecular flexibility index (Phi) is 1.73. The van der Waals surface area contributed by atoms with E-state index in [0.29, 0.717) is 0 Å². The molecule has 0 saturated heterocycles. The van der Waals surface area contributed by atoms with Gasteiger partial charge in [0.25, 0.3) is 0 Å². The fourth-order valence-corrected chi connectivity index (χ4v) is 1.64. The van der Waals surface area contributed by atoms with Crippen LogP contribution in [-0.2, 0) is 13.0 Å². The normalized spacial score (nSPS) is 15.8. The molecule has 0 atom stereocenters. The van der Waals surface area contributed by atoms with Crippen molar-refractivity contribution in [3.63, 3.8) is 0 Å². The highest BCUT2D eigenvalue weighted by Crippen LogP contribution is 2.12. The molecule has 12 heavy (non-hydrogen) atoms. The molecule has 0 spiro atoms. The largest absolute Gasteiger partial charge is 0.355 e. The molecule has 1 aromatic heterocycles. The van der Waals surface area contributed by atoms with Gasteiger partial charge in [-0.3, -0.25) is 4.79 Å². The van der Waals surface area contributed by atoms with Crippen LogP contribution >= 0.6 is 0 Å². The highest BCUT2D eigenvalue weighted by Gasteiger charge is 2.15. The number of hydrogen-bond acceptors (Lipinski definition) is 1. The second-order valence-electron chi connectivity index (χ2n) is 3.27. The van der Waals surface area contributed by atoms with E-state index < -0.39 is 0 Å². The minimum absolute atomic E-state index is 0.129. The Balaban J connectivity index is 2.38. The van der Waals surface area contributed by atoms with E-state index >= 15 is 0 Å². The quantitative estimate of drug-likeness (QED) is 0.558. The van der Waals surface area contributed by atoms with Gasteiger partial charge in [-0.25, -0.2) is 0 Å². The highest BCUT2D eigenvalue weighted by molar-refractivity contribution is 5.92. The summed E-state index contributed by atoms with van der Waals surface area (Å²) < 4.78 is 0. The van der Waals surface area contributed by atoms with Crippen molar-refractivity contribution in [3.8, 4) is 0 Å². The number of quaternary nitrogens is 1. The predicted molar refractivity (Wildman–Crippen MR) is 45.0 cm³/mol. The summed E-state index contributed by atoms with van der Waals surface area (Å²) in [5.74, 6) is 0.129. The standard InChI is InChI=1S/C9H12N2O/c1-6(12)9-4-7-5-10-3-2-8(7)11-9/h4,10-11H,2-3,5H2,1H3/p+1. The van der Waals surface area contributed by atoms with Crippen LogP contribution in [0.15, 0.2) is 6.07 Å². The fourth-order valence-electron chi connectivity index (χ4n) is 1.64. The second-order valence-corrected chi connectivity index (χ2v) is 3.27. The smallest absolute Gasteiger partial charge is 0.175 e. The molecule has 3 N–H and O–H groups in total. The lowest BCUT2D eigenvalue weighted by Gasteiger charge is -2.08. The fraction of sp³-hybridized carbons (Fsp3) is 0.444. The Morgan fingerprint density at radius 1 is 1.67 bits per heavy atom. The van der Waals surface area contributed by atoms with Crippen molar-refractivity contribution >= 4 is 5.78 Å². The number of hydrogen-bond donors (Lipinski definition) is 2. The first-order valence-corrected chi connectivity index (χ1v) is 4.31.